The van der Waals surface area contributed by atoms with Gasteiger partial charge in [0.1, 0.15) is 0 Å². The normalized spacial score (nSPS) is 12.5. The molecule has 162 valence electrons. The second-order valence-corrected chi connectivity index (χ2v) is 9.03. The van der Waals surface area contributed by atoms with Crippen LogP contribution in [0.3, 0.4) is 0 Å². The van der Waals surface area contributed by atoms with Gasteiger partial charge in [0.15, 0.2) is 4.80 Å². The highest BCUT2D eigenvalue weighted by Crippen LogP contribution is 2.21. The van der Waals surface area contributed by atoms with Crippen LogP contribution in [0.15, 0.2) is 64.5 Å². The van der Waals surface area contributed by atoms with E-state index in [-0.39, 0.29) is 30.4 Å². The monoisotopic (exact) mass is 459 g/mol. The van der Waals surface area contributed by atoms with Gasteiger partial charge < -0.3 is 9.30 Å². The minimum atomic E-state index is -3.88. The van der Waals surface area contributed by atoms with E-state index in [0.717, 1.165) is 16.9 Å². The number of fused-ring (bicyclic) bond motifs is 1. The number of nitrogens with zero attached hydrogens (tertiary/aromatic N) is 2. The summed E-state index contributed by atoms with van der Waals surface area (Å²) in [5, 5.41) is 5.22. The van der Waals surface area contributed by atoms with Crippen molar-refractivity contribution in [1.82, 2.24) is 4.57 Å². The number of rotatable bonds is 7. The fourth-order valence-electron chi connectivity index (χ4n) is 2.83. The van der Waals surface area contributed by atoms with E-state index in [1.807, 2.05) is 30.3 Å². The molecule has 31 heavy (non-hydrogen) atoms. The fourth-order valence-corrected chi connectivity index (χ4v) is 4.55. The Bertz CT molecular complexity index is 1310. The van der Waals surface area contributed by atoms with Crippen LogP contribution >= 0.6 is 11.3 Å². The van der Waals surface area contributed by atoms with E-state index >= 15 is 0 Å². The molecule has 1 amide bonds. The summed E-state index contributed by atoms with van der Waals surface area (Å²) in [7, 11) is -3.88. The van der Waals surface area contributed by atoms with Crippen molar-refractivity contribution in [2.75, 3.05) is 6.61 Å². The SMILES string of the molecule is CCOC(=O)CCn1c(=NC(=O)/C=C/c2ccccc2)sc2cc(S(N)(=O)=O)ccc21. The number of esters is 1. The van der Waals surface area contributed by atoms with Gasteiger partial charge in [-0.05, 0) is 36.8 Å². The third-order valence-electron chi connectivity index (χ3n) is 4.25. The summed E-state index contributed by atoms with van der Waals surface area (Å²) in [4.78, 5) is 28.7. The van der Waals surface area contributed by atoms with Gasteiger partial charge in [0.2, 0.25) is 10.0 Å². The zero-order chi connectivity index (χ0) is 22.4. The topological polar surface area (TPSA) is 121 Å². The molecule has 0 aliphatic heterocycles. The standard InChI is InChI=1S/C21H21N3O5S2/c1-2-29-20(26)12-13-24-17-10-9-16(31(22,27)28)14-18(17)30-21(24)23-19(25)11-8-15-6-4-3-5-7-15/h3-11,14H,2,12-13H2,1H3,(H2,22,27,28)/b11-8+,23-21?. The lowest BCUT2D eigenvalue weighted by Gasteiger charge is -2.05. The van der Waals surface area contributed by atoms with Gasteiger partial charge in [0.05, 0.1) is 28.1 Å². The lowest BCUT2D eigenvalue weighted by Crippen LogP contribution is -2.19. The predicted molar refractivity (Wildman–Crippen MR) is 118 cm³/mol. The van der Waals surface area contributed by atoms with Crippen molar-refractivity contribution in [2.45, 2.75) is 24.8 Å². The van der Waals surface area contributed by atoms with Crippen molar-refractivity contribution >= 4 is 49.5 Å². The van der Waals surface area contributed by atoms with Crippen LogP contribution in [0.1, 0.15) is 18.9 Å². The first-order chi connectivity index (χ1) is 14.8. The van der Waals surface area contributed by atoms with Crippen molar-refractivity contribution in [3.05, 3.63) is 65.0 Å². The summed E-state index contributed by atoms with van der Waals surface area (Å²) >= 11 is 1.14. The maximum Gasteiger partial charge on any atom is 0.307 e. The summed E-state index contributed by atoms with van der Waals surface area (Å²) < 4.78 is 30.6. The lowest BCUT2D eigenvalue weighted by molar-refractivity contribution is -0.143. The molecule has 0 radical (unpaired) electrons. The van der Waals surface area contributed by atoms with E-state index in [0.29, 0.717) is 15.0 Å². The average Bonchev–Trinajstić information content (AvgIpc) is 3.07. The second-order valence-electron chi connectivity index (χ2n) is 6.46. The minimum Gasteiger partial charge on any atom is -0.466 e. The highest BCUT2D eigenvalue weighted by Gasteiger charge is 2.14. The number of sulfonamides is 1. The molecule has 0 aliphatic carbocycles. The van der Waals surface area contributed by atoms with Crippen LogP contribution in [-0.4, -0.2) is 31.5 Å². The van der Waals surface area contributed by atoms with E-state index in [1.54, 1.807) is 23.6 Å². The highest BCUT2D eigenvalue weighted by atomic mass is 32.2. The first-order valence-electron chi connectivity index (χ1n) is 9.41. The second kappa shape index (κ2) is 9.82. The Morgan fingerprint density at radius 2 is 1.94 bits per heavy atom. The molecule has 0 bridgehead atoms. The summed E-state index contributed by atoms with van der Waals surface area (Å²) in [6.45, 7) is 2.21. The summed E-state index contributed by atoms with van der Waals surface area (Å²) in [5.41, 5.74) is 1.50. The number of benzene rings is 2. The summed E-state index contributed by atoms with van der Waals surface area (Å²) in [5.74, 6) is -0.858. The molecule has 0 aliphatic rings. The number of thiazole rings is 1. The number of carbonyl (C=O) groups excluding carboxylic acids is 2. The Hall–Kier alpha value is -3.08. The van der Waals surface area contributed by atoms with Crippen LogP contribution in [0.5, 0.6) is 0 Å². The Morgan fingerprint density at radius 1 is 1.19 bits per heavy atom. The van der Waals surface area contributed by atoms with Crippen molar-refractivity contribution in [3.8, 4) is 0 Å². The molecule has 0 unspecified atom stereocenters. The van der Waals surface area contributed by atoms with Crippen LogP contribution in [0, 0.1) is 0 Å². The van der Waals surface area contributed by atoms with E-state index in [4.69, 9.17) is 9.88 Å². The Labute approximate surface area is 183 Å². The quantitative estimate of drug-likeness (QED) is 0.430. The molecule has 2 N–H and O–H groups in total. The molecule has 2 aromatic carbocycles. The molecule has 1 aromatic heterocycles. The molecule has 0 spiro atoms. The van der Waals surface area contributed by atoms with Crippen molar-refractivity contribution in [1.29, 1.82) is 0 Å². The number of hydrogen-bond donors (Lipinski definition) is 1. The van der Waals surface area contributed by atoms with Crippen LogP contribution < -0.4 is 9.94 Å². The van der Waals surface area contributed by atoms with Gasteiger partial charge in [0.25, 0.3) is 5.91 Å². The number of aromatic nitrogens is 1. The fraction of sp³-hybridized carbons (Fsp3) is 0.190. The van der Waals surface area contributed by atoms with Crippen molar-refractivity contribution in [3.63, 3.8) is 0 Å². The largest absolute Gasteiger partial charge is 0.466 e. The maximum atomic E-state index is 12.4. The summed E-state index contributed by atoms with van der Waals surface area (Å²) in [6.07, 6.45) is 3.09. The molecule has 0 atom stereocenters. The third-order valence-corrected chi connectivity index (χ3v) is 6.20. The first-order valence-corrected chi connectivity index (χ1v) is 11.8. The number of nitrogens with two attached hydrogens (primary N) is 1. The number of ether oxygens (including phenoxy) is 1. The molecular formula is C21H21N3O5S2. The molecule has 0 saturated carbocycles. The van der Waals surface area contributed by atoms with Crippen LogP contribution in [0.2, 0.25) is 0 Å². The van der Waals surface area contributed by atoms with Crippen LogP contribution in [0.25, 0.3) is 16.3 Å². The molecule has 8 nitrogen and oxygen atoms in total. The Morgan fingerprint density at radius 3 is 2.61 bits per heavy atom. The number of hydrogen-bond acceptors (Lipinski definition) is 6. The van der Waals surface area contributed by atoms with Gasteiger partial charge in [0, 0.05) is 12.6 Å². The first kappa shape index (κ1) is 22.6. The highest BCUT2D eigenvalue weighted by molar-refractivity contribution is 7.89. The molecule has 3 aromatic rings. The van der Waals surface area contributed by atoms with Crippen LogP contribution in [-0.2, 0) is 30.9 Å². The van der Waals surface area contributed by atoms with Crippen molar-refractivity contribution in [2.24, 2.45) is 10.1 Å². The maximum absolute atomic E-state index is 12.4. The predicted octanol–water partition coefficient (Wildman–Crippen LogP) is 2.44. The number of primary sulfonamides is 1. The van der Waals surface area contributed by atoms with Gasteiger partial charge >= 0.3 is 5.97 Å². The Kier molecular flexibility index (Phi) is 7.16. The van der Waals surface area contributed by atoms with E-state index < -0.39 is 15.9 Å². The number of carbonyl (C=O) groups is 2. The van der Waals surface area contributed by atoms with E-state index in [2.05, 4.69) is 4.99 Å². The van der Waals surface area contributed by atoms with E-state index in [1.165, 1.54) is 18.2 Å². The molecular weight excluding hydrogens is 438 g/mol. The smallest absolute Gasteiger partial charge is 0.307 e. The average molecular weight is 460 g/mol. The minimum absolute atomic E-state index is 0.0411. The van der Waals surface area contributed by atoms with Gasteiger partial charge in [-0.1, -0.05) is 41.7 Å². The molecule has 0 fully saturated rings. The van der Waals surface area contributed by atoms with Crippen molar-refractivity contribution < 1.29 is 22.7 Å². The zero-order valence-corrected chi connectivity index (χ0v) is 18.4. The molecule has 10 heteroatoms. The number of amides is 1. The molecule has 3 rings (SSSR count). The Balaban J connectivity index is 2.01. The van der Waals surface area contributed by atoms with Gasteiger partial charge in [-0.2, -0.15) is 4.99 Å². The zero-order valence-electron chi connectivity index (χ0n) is 16.7. The van der Waals surface area contributed by atoms with Crippen LogP contribution in [0.4, 0.5) is 0 Å². The number of aryl methyl sites for hydroxylation is 1. The molecule has 0 saturated heterocycles. The lowest BCUT2D eigenvalue weighted by atomic mass is 10.2. The van der Waals surface area contributed by atoms with Gasteiger partial charge in [-0.3, -0.25) is 9.59 Å². The third kappa shape index (κ3) is 5.97. The summed E-state index contributed by atoms with van der Waals surface area (Å²) in [6, 6.07) is 13.7. The molecule has 1 heterocycles. The van der Waals surface area contributed by atoms with Gasteiger partial charge in [-0.25, -0.2) is 13.6 Å². The van der Waals surface area contributed by atoms with Gasteiger partial charge in [-0.15, -0.1) is 0 Å². The van der Waals surface area contributed by atoms with E-state index in [9.17, 15) is 18.0 Å².